The number of hydrogen-bond acceptors (Lipinski definition) is 5. The number of rotatable bonds is 7. The van der Waals surface area contributed by atoms with Gasteiger partial charge in [-0.2, -0.15) is 0 Å². The molecule has 1 aliphatic heterocycles. The Hall–Kier alpha value is -2.84. The molecule has 6 nitrogen and oxygen atoms in total. The first kappa shape index (κ1) is 22.4. The van der Waals surface area contributed by atoms with Crippen LogP contribution in [0.15, 0.2) is 60.0 Å². The number of hydrogen-bond donors (Lipinski definition) is 1. The lowest BCUT2D eigenvalue weighted by atomic mass is 10.0. The molecule has 4 rings (SSSR count). The SMILES string of the molecule is COc1ccc(CN2CCC(NC(=O)c3cccc(-n4ccnc4SC)c3)CC2)cc1F. The van der Waals surface area contributed by atoms with Crippen molar-refractivity contribution >= 4 is 17.7 Å². The van der Waals surface area contributed by atoms with Gasteiger partial charge in [0.05, 0.1) is 7.11 Å². The fourth-order valence-corrected chi connectivity index (χ4v) is 4.53. The van der Waals surface area contributed by atoms with E-state index < -0.39 is 0 Å². The highest BCUT2D eigenvalue weighted by molar-refractivity contribution is 7.98. The smallest absolute Gasteiger partial charge is 0.251 e. The van der Waals surface area contributed by atoms with Crippen LogP contribution in [-0.4, -0.2) is 52.9 Å². The molecule has 0 bridgehead atoms. The van der Waals surface area contributed by atoms with E-state index in [1.54, 1.807) is 24.0 Å². The first-order valence-corrected chi connectivity index (χ1v) is 11.8. The number of ether oxygens (including phenoxy) is 1. The number of benzene rings is 2. The third kappa shape index (κ3) is 5.14. The van der Waals surface area contributed by atoms with E-state index in [2.05, 4.69) is 15.2 Å². The first-order chi connectivity index (χ1) is 15.6. The molecule has 0 radical (unpaired) electrons. The Labute approximate surface area is 191 Å². The Morgan fingerprint density at radius 1 is 1.25 bits per heavy atom. The zero-order chi connectivity index (χ0) is 22.5. The molecule has 1 N–H and O–H groups in total. The van der Waals surface area contributed by atoms with Crippen molar-refractivity contribution in [2.45, 2.75) is 30.6 Å². The van der Waals surface area contributed by atoms with Gasteiger partial charge < -0.3 is 10.1 Å². The molecule has 2 heterocycles. The molecule has 168 valence electrons. The molecule has 32 heavy (non-hydrogen) atoms. The molecule has 1 amide bonds. The number of aromatic nitrogens is 2. The maximum Gasteiger partial charge on any atom is 0.251 e. The minimum Gasteiger partial charge on any atom is -0.494 e. The summed E-state index contributed by atoms with van der Waals surface area (Å²) in [6.45, 7) is 2.39. The molecular formula is C24H27FN4O2S. The van der Waals surface area contributed by atoms with E-state index in [1.807, 2.05) is 47.4 Å². The van der Waals surface area contributed by atoms with Crippen LogP contribution in [0.2, 0.25) is 0 Å². The summed E-state index contributed by atoms with van der Waals surface area (Å²) < 4.78 is 20.9. The van der Waals surface area contributed by atoms with Crippen molar-refractivity contribution in [2.75, 3.05) is 26.5 Å². The van der Waals surface area contributed by atoms with Crippen molar-refractivity contribution in [3.63, 3.8) is 0 Å². The van der Waals surface area contributed by atoms with Crippen LogP contribution in [0.3, 0.4) is 0 Å². The van der Waals surface area contributed by atoms with Gasteiger partial charge in [-0.15, -0.1) is 0 Å². The van der Waals surface area contributed by atoms with Gasteiger partial charge in [0.15, 0.2) is 16.7 Å². The largest absolute Gasteiger partial charge is 0.494 e. The van der Waals surface area contributed by atoms with E-state index >= 15 is 0 Å². The lowest BCUT2D eigenvalue weighted by Gasteiger charge is -2.32. The van der Waals surface area contributed by atoms with Crippen LogP contribution in [-0.2, 0) is 6.54 Å². The molecular weight excluding hydrogens is 427 g/mol. The van der Waals surface area contributed by atoms with Crippen molar-refractivity contribution in [1.82, 2.24) is 19.8 Å². The van der Waals surface area contributed by atoms with E-state index in [0.29, 0.717) is 12.1 Å². The number of nitrogens with one attached hydrogen (secondary N) is 1. The highest BCUT2D eigenvalue weighted by Gasteiger charge is 2.22. The summed E-state index contributed by atoms with van der Waals surface area (Å²) in [4.78, 5) is 19.5. The maximum absolute atomic E-state index is 13.9. The number of likely N-dealkylation sites (tertiary alicyclic amines) is 1. The molecule has 3 aromatic rings. The average molecular weight is 455 g/mol. The Morgan fingerprint density at radius 2 is 2.06 bits per heavy atom. The molecule has 0 unspecified atom stereocenters. The molecule has 0 aliphatic carbocycles. The van der Waals surface area contributed by atoms with Crippen molar-refractivity contribution in [2.24, 2.45) is 0 Å². The zero-order valence-corrected chi connectivity index (χ0v) is 19.1. The van der Waals surface area contributed by atoms with Gasteiger partial charge in [0.2, 0.25) is 0 Å². The number of halogens is 1. The van der Waals surface area contributed by atoms with Crippen LogP contribution in [0, 0.1) is 5.82 Å². The minimum atomic E-state index is -0.338. The second-order valence-corrected chi connectivity index (χ2v) is 8.60. The van der Waals surface area contributed by atoms with Crippen LogP contribution >= 0.6 is 11.8 Å². The molecule has 8 heteroatoms. The second kappa shape index (κ2) is 10.2. The van der Waals surface area contributed by atoms with Crippen molar-refractivity contribution in [1.29, 1.82) is 0 Å². The predicted octanol–water partition coefficient (Wildman–Crippen LogP) is 4.14. The lowest BCUT2D eigenvalue weighted by Crippen LogP contribution is -2.44. The maximum atomic E-state index is 13.9. The van der Waals surface area contributed by atoms with Crippen molar-refractivity contribution in [3.05, 3.63) is 71.8 Å². The van der Waals surface area contributed by atoms with Gasteiger partial charge in [-0.05, 0) is 55.0 Å². The van der Waals surface area contributed by atoms with Crippen LogP contribution in [0.25, 0.3) is 5.69 Å². The van der Waals surface area contributed by atoms with Crippen LogP contribution in [0.4, 0.5) is 4.39 Å². The summed E-state index contributed by atoms with van der Waals surface area (Å²) in [6, 6.07) is 12.8. The molecule has 2 aromatic carbocycles. The fraction of sp³-hybridized carbons (Fsp3) is 0.333. The number of carbonyl (C=O) groups excluding carboxylic acids is 1. The summed E-state index contributed by atoms with van der Waals surface area (Å²) >= 11 is 1.56. The Morgan fingerprint density at radius 3 is 2.78 bits per heavy atom. The quantitative estimate of drug-likeness (QED) is 0.544. The molecule has 1 saturated heterocycles. The molecule has 0 atom stereocenters. The van der Waals surface area contributed by atoms with Gasteiger partial charge in [0, 0.05) is 49.3 Å². The first-order valence-electron chi connectivity index (χ1n) is 10.6. The highest BCUT2D eigenvalue weighted by Crippen LogP contribution is 2.21. The van der Waals surface area contributed by atoms with Gasteiger partial charge in [-0.1, -0.05) is 23.9 Å². The van der Waals surface area contributed by atoms with Crippen LogP contribution in [0.1, 0.15) is 28.8 Å². The zero-order valence-electron chi connectivity index (χ0n) is 18.3. The van der Waals surface area contributed by atoms with E-state index in [-0.39, 0.29) is 23.5 Å². The number of piperidine rings is 1. The lowest BCUT2D eigenvalue weighted by molar-refractivity contribution is 0.0909. The summed E-state index contributed by atoms with van der Waals surface area (Å²) in [6.07, 6.45) is 7.36. The third-order valence-electron chi connectivity index (χ3n) is 5.72. The number of nitrogens with zero attached hydrogens (tertiary/aromatic N) is 3. The molecule has 0 spiro atoms. The highest BCUT2D eigenvalue weighted by atomic mass is 32.2. The monoisotopic (exact) mass is 454 g/mol. The number of carbonyl (C=O) groups is 1. The molecule has 1 aromatic heterocycles. The van der Waals surface area contributed by atoms with Gasteiger partial charge in [-0.25, -0.2) is 9.37 Å². The number of amides is 1. The summed E-state index contributed by atoms with van der Waals surface area (Å²) in [7, 11) is 1.46. The third-order valence-corrected chi connectivity index (χ3v) is 6.39. The van der Waals surface area contributed by atoms with E-state index in [1.165, 1.54) is 13.2 Å². The van der Waals surface area contributed by atoms with Crippen LogP contribution < -0.4 is 10.1 Å². The summed E-state index contributed by atoms with van der Waals surface area (Å²) in [5.74, 6) is -0.139. The standard InChI is InChI=1S/C24H27FN4O2S/c1-31-22-7-6-17(14-21(22)25)16-28-11-8-19(9-12-28)27-23(30)18-4-3-5-20(15-18)29-13-10-26-24(29)32-2/h3-7,10,13-15,19H,8-9,11-12,16H2,1-2H3,(H,27,30). The molecule has 0 saturated carbocycles. The van der Waals surface area contributed by atoms with Gasteiger partial charge in [-0.3, -0.25) is 14.3 Å². The van der Waals surface area contributed by atoms with Crippen molar-refractivity contribution in [3.8, 4) is 11.4 Å². The van der Waals surface area contributed by atoms with Crippen molar-refractivity contribution < 1.29 is 13.9 Å². The number of imidazole rings is 1. The van der Waals surface area contributed by atoms with Gasteiger partial charge in [0.1, 0.15) is 0 Å². The van der Waals surface area contributed by atoms with E-state index in [9.17, 15) is 9.18 Å². The predicted molar refractivity (Wildman–Crippen MR) is 124 cm³/mol. The molecule has 1 aliphatic rings. The van der Waals surface area contributed by atoms with Gasteiger partial charge >= 0.3 is 0 Å². The Bertz CT molecular complexity index is 1080. The minimum absolute atomic E-state index is 0.0617. The van der Waals surface area contributed by atoms with Crippen LogP contribution in [0.5, 0.6) is 5.75 Å². The van der Waals surface area contributed by atoms with E-state index in [4.69, 9.17) is 4.74 Å². The van der Waals surface area contributed by atoms with E-state index in [0.717, 1.165) is 42.3 Å². The average Bonchev–Trinajstić information content (AvgIpc) is 3.30. The Kier molecular flexibility index (Phi) is 7.12. The Balaban J connectivity index is 1.32. The van der Waals surface area contributed by atoms with Gasteiger partial charge in [0.25, 0.3) is 5.91 Å². The summed E-state index contributed by atoms with van der Waals surface area (Å²) in [5, 5.41) is 4.05. The fourth-order valence-electron chi connectivity index (χ4n) is 4.00. The second-order valence-electron chi connectivity index (χ2n) is 7.83. The topological polar surface area (TPSA) is 59.4 Å². The number of thioether (sulfide) groups is 1. The number of methoxy groups -OCH3 is 1. The summed E-state index contributed by atoms with van der Waals surface area (Å²) in [5.41, 5.74) is 2.48. The normalized spacial score (nSPS) is 15.0. The molecule has 1 fully saturated rings.